The van der Waals surface area contributed by atoms with E-state index in [9.17, 15) is 5.11 Å². The Hall–Kier alpha value is -1.88. The Bertz CT molecular complexity index is 580. The summed E-state index contributed by atoms with van der Waals surface area (Å²) in [6, 6.07) is 5.81. The van der Waals surface area contributed by atoms with Gasteiger partial charge in [-0.15, -0.1) is 0 Å². The van der Waals surface area contributed by atoms with Crippen molar-refractivity contribution >= 4 is 0 Å². The molecular formula is C14H16N2O3. The van der Waals surface area contributed by atoms with E-state index in [2.05, 4.69) is 10.1 Å². The molecule has 19 heavy (non-hydrogen) atoms. The largest absolute Gasteiger partial charge is 0.485 e. The molecule has 0 saturated heterocycles. The van der Waals surface area contributed by atoms with Gasteiger partial charge in [0.15, 0.2) is 6.61 Å². The molecule has 3 rings (SSSR count). The van der Waals surface area contributed by atoms with Gasteiger partial charge in [0, 0.05) is 6.92 Å². The Kier molecular flexibility index (Phi) is 3.21. The van der Waals surface area contributed by atoms with Crippen molar-refractivity contribution in [1.82, 2.24) is 10.1 Å². The van der Waals surface area contributed by atoms with Crippen LogP contribution in [0.1, 0.15) is 41.8 Å². The molecule has 1 aliphatic rings. The van der Waals surface area contributed by atoms with Crippen molar-refractivity contribution in [2.24, 2.45) is 0 Å². The second-order valence-corrected chi connectivity index (χ2v) is 4.79. The van der Waals surface area contributed by atoms with Crippen LogP contribution in [-0.2, 0) is 13.0 Å². The van der Waals surface area contributed by atoms with Crippen molar-refractivity contribution in [3.63, 3.8) is 0 Å². The summed E-state index contributed by atoms with van der Waals surface area (Å²) in [6.45, 7) is 2.04. The molecule has 0 fully saturated rings. The number of hydrogen-bond acceptors (Lipinski definition) is 5. The van der Waals surface area contributed by atoms with Crippen LogP contribution in [0.25, 0.3) is 0 Å². The molecule has 1 aromatic heterocycles. The second kappa shape index (κ2) is 5.01. The fourth-order valence-electron chi connectivity index (χ4n) is 2.40. The van der Waals surface area contributed by atoms with E-state index in [1.54, 1.807) is 6.92 Å². The van der Waals surface area contributed by atoms with E-state index >= 15 is 0 Å². The quantitative estimate of drug-likeness (QED) is 0.917. The molecule has 1 aliphatic carbocycles. The van der Waals surface area contributed by atoms with Gasteiger partial charge >= 0.3 is 0 Å². The molecule has 0 amide bonds. The van der Waals surface area contributed by atoms with Gasteiger partial charge in [-0.05, 0) is 42.5 Å². The summed E-state index contributed by atoms with van der Waals surface area (Å²) in [7, 11) is 0. The highest BCUT2D eigenvalue weighted by Crippen LogP contribution is 2.32. The molecule has 100 valence electrons. The monoisotopic (exact) mass is 260 g/mol. The van der Waals surface area contributed by atoms with Crippen LogP contribution in [0.5, 0.6) is 5.75 Å². The molecule has 0 spiro atoms. The van der Waals surface area contributed by atoms with Gasteiger partial charge in [0.1, 0.15) is 5.75 Å². The van der Waals surface area contributed by atoms with Crippen LogP contribution in [0.15, 0.2) is 22.7 Å². The summed E-state index contributed by atoms with van der Waals surface area (Å²) in [5.74, 6) is 1.85. The smallest absolute Gasteiger partial charge is 0.223 e. The lowest BCUT2D eigenvalue weighted by molar-refractivity contribution is 0.156. The van der Waals surface area contributed by atoms with Crippen LogP contribution in [0.2, 0.25) is 0 Å². The molecule has 0 bridgehead atoms. The fourth-order valence-corrected chi connectivity index (χ4v) is 2.40. The van der Waals surface area contributed by atoms with Crippen molar-refractivity contribution in [3.05, 3.63) is 41.0 Å². The Morgan fingerprint density at radius 2 is 2.37 bits per heavy atom. The van der Waals surface area contributed by atoms with E-state index in [1.165, 1.54) is 5.56 Å². The minimum absolute atomic E-state index is 0.290. The zero-order chi connectivity index (χ0) is 13.2. The standard InChI is InChI=1S/C14H16N2O3/c1-9-15-14(16-19-9)8-18-11-5-6-12-10(7-11)3-2-4-13(12)17/h5-7,13,17H,2-4,8H2,1H3. The maximum absolute atomic E-state index is 9.89. The minimum Gasteiger partial charge on any atom is -0.485 e. The number of benzene rings is 1. The average Bonchev–Trinajstić information content (AvgIpc) is 2.82. The van der Waals surface area contributed by atoms with Crippen LogP contribution < -0.4 is 4.74 Å². The van der Waals surface area contributed by atoms with Crippen LogP contribution in [-0.4, -0.2) is 15.2 Å². The van der Waals surface area contributed by atoms with Crippen LogP contribution in [0.4, 0.5) is 0 Å². The summed E-state index contributed by atoms with van der Waals surface area (Å²) >= 11 is 0. The van der Waals surface area contributed by atoms with Gasteiger partial charge in [0.05, 0.1) is 6.10 Å². The summed E-state index contributed by atoms with van der Waals surface area (Å²) in [5, 5.41) is 13.7. The Morgan fingerprint density at radius 3 is 3.16 bits per heavy atom. The Balaban J connectivity index is 1.72. The highest BCUT2D eigenvalue weighted by atomic mass is 16.5. The number of nitrogens with zero attached hydrogens (tertiary/aromatic N) is 2. The molecular weight excluding hydrogens is 244 g/mol. The van der Waals surface area contributed by atoms with Crippen LogP contribution in [0.3, 0.4) is 0 Å². The number of rotatable bonds is 3. The number of aliphatic hydroxyl groups excluding tert-OH is 1. The average molecular weight is 260 g/mol. The summed E-state index contributed by atoms with van der Waals surface area (Å²) < 4.78 is 10.5. The number of aromatic nitrogens is 2. The van der Waals surface area contributed by atoms with Crippen molar-refractivity contribution in [2.75, 3.05) is 0 Å². The molecule has 0 radical (unpaired) electrons. The lowest BCUT2D eigenvalue weighted by atomic mass is 9.89. The summed E-state index contributed by atoms with van der Waals surface area (Å²) in [4.78, 5) is 4.08. The molecule has 2 aromatic rings. The van der Waals surface area contributed by atoms with E-state index in [1.807, 2.05) is 18.2 Å². The maximum Gasteiger partial charge on any atom is 0.223 e. The maximum atomic E-state index is 9.89. The summed E-state index contributed by atoms with van der Waals surface area (Å²) in [6.07, 6.45) is 2.51. The molecule has 1 unspecified atom stereocenters. The van der Waals surface area contributed by atoms with Gasteiger partial charge in [0.2, 0.25) is 11.7 Å². The highest BCUT2D eigenvalue weighted by Gasteiger charge is 2.18. The van der Waals surface area contributed by atoms with E-state index in [0.29, 0.717) is 18.3 Å². The van der Waals surface area contributed by atoms with Gasteiger partial charge in [0.25, 0.3) is 0 Å². The lowest BCUT2D eigenvalue weighted by Gasteiger charge is -2.21. The van der Waals surface area contributed by atoms with Gasteiger partial charge < -0.3 is 14.4 Å². The third-order valence-electron chi connectivity index (χ3n) is 3.33. The molecule has 0 aliphatic heterocycles. The third-order valence-corrected chi connectivity index (χ3v) is 3.33. The first kappa shape index (κ1) is 12.2. The van der Waals surface area contributed by atoms with Gasteiger partial charge in [-0.2, -0.15) is 4.98 Å². The van der Waals surface area contributed by atoms with Crippen LogP contribution in [0, 0.1) is 6.92 Å². The minimum atomic E-state index is -0.336. The number of aryl methyl sites for hydroxylation is 2. The molecule has 5 heteroatoms. The molecule has 1 aromatic carbocycles. The predicted molar refractivity (Wildman–Crippen MR) is 67.7 cm³/mol. The van der Waals surface area contributed by atoms with Crippen molar-refractivity contribution in [3.8, 4) is 5.75 Å². The van der Waals surface area contributed by atoms with Gasteiger partial charge in [-0.3, -0.25) is 0 Å². The number of hydrogen-bond donors (Lipinski definition) is 1. The first-order valence-electron chi connectivity index (χ1n) is 6.45. The highest BCUT2D eigenvalue weighted by molar-refractivity contribution is 5.38. The molecule has 1 heterocycles. The number of ether oxygens (including phenoxy) is 1. The summed E-state index contributed by atoms with van der Waals surface area (Å²) in [5.41, 5.74) is 2.19. The Labute approximate surface area is 111 Å². The third kappa shape index (κ3) is 2.61. The number of fused-ring (bicyclic) bond motifs is 1. The second-order valence-electron chi connectivity index (χ2n) is 4.79. The van der Waals surface area contributed by atoms with Crippen LogP contribution >= 0.6 is 0 Å². The SMILES string of the molecule is Cc1nc(COc2ccc3c(c2)CCCC3O)no1. The zero-order valence-corrected chi connectivity index (χ0v) is 10.8. The van der Waals surface area contributed by atoms with E-state index < -0.39 is 0 Å². The van der Waals surface area contributed by atoms with Crippen molar-refractivity contribution < 1.29 is 14.4 Å². The lowest BCUT2D eigenvalue weighted by Crippen LogP contribution is -2.09. The molecule has 5 nitrogen and oxygen atoms in total. The predicted octanol–water partition coefficient (Wildman–Crippen LogP) is 2.33. The topological polar surface area (TPSA) is 68.4 Å². The van der Waals surface area contributed by atoms with E-state index in [-0.39, 0.29) is 6.10 Å². The van der Waals surface area contributed by atoms with E-state index in [0.717, 1.165) is 30.6 Å². The van der Waals surface area contributed by atoms with Gasteiger partial charge in [-0.25, -0.2) is 0 Å². The van der Waals surface area contributed by atoms with Crippen molar-refractivity contribution in [2.45, 2.75) is 38.9 Å². The zero-order valence-electron chi connectivity index (χ0n) is 10.8. The first-order valence-corrected chi connectivity index (χ1v) is 6.45. The van der Waals surface area contributed by atoms with E-state index in [4.69, 9.17) is 9.26 Å². The molecule has 1 atom stereocenters. The van der Waals surface area contributed by atoms with Crippen molar-refractivity contribution in [1.29, 1.82) is 0 Å². The Morgan fingerprint density at radius 1 is 1.47 bits per heavy atom. The number of aliphatic hydroxyl groups is 1. The molecule has 1 N–H and O–H groups in total. The molecule has 0 saturated carbocycles. The normalized spacial score (nSPS) is 18.1. The first-order chi connectivity index (χ1) is 9.22. The fraction of sp³-hybridized carbons (Fsp3) is 0.429. The van der Waals surface area contributed by atoms with Gasteiger partial charge in [-0.1, -0.05) is 11.2 Å².